The van der Waals surface area contributed by atoms with E-state index in [4.69, 9.17) is 10.5 Å². The summed E-state index contributed by atoms with van der Waals surface area (Å²) in [6.45, 7) is 8.00. The van der Waals surface area contributed by atoms with E-state index in [2.05, 4.69) is 29.8 Å². The summed E-state index contributed by atoms with van der Waals surface area (Å²) in [6, 6.07) is 11.5. The Morgan fingerprint density at radius 2 is 1.79 bits per heavy atom. The van der Waals surface area contributed by atoms with Crippen molar-refractivity contribution < 1.29 is 19.4 Å². The number of aliphatic imine (C=N–C) groups is 1. The van der Waals surface area contributed by atoms with Crippen LogP contribution in [0.2, 0.25) is 0 Å². The largest absolute Gasteiger partial charge is 0.504 e. The number of phenols is 1. The topological polar surface area (TPSA) is 112 Å². The summed E-state index contributed by atoms with van der Waals surface area (Å²) in [5, 5.41) is 9.89. The van der Waals surface area contributed by atoms with Crippen molar-refractivity contribution in [2.75, 3.05) is 40.3 Å². The molecule has 2 amide bonds. The van der Waals surface area contributed by atoms with Crippen molar-refractivity contribution in [1.29, 1.82) is 0 Å². The van der Waals surface area contributed by atoms with Crippen LogP contribution >= 0.6 is 0 Å². The third kappa shape index (κ3) is 5.93. The molecule has 204 valence electrons. The molecule has 0 aromatic heterocycles. The Kier molecular flexibility index (Phi) is 8.26. The first-order chi connectivity index (χ1) is 18.1. The van der Waals surface area contributed by atoms with E-state index in [-0.39, 0.29) is 29.5 Å². The lowest BCUT2D eigenvalue weighted by Gasteiger charge is -2.36. The first-order valence-corrected chi connectivity index (χ1v) is 13.1. The molecule has 3 N–H and O–H groups in total. The number of hydrogen-bond donors (Lipinski definition) is 2. The predicted octanol–water partition coefficient (Wildman–Crippen LogP) is 2.79. The lowest BCUT2D eigenvalue weighted by molar-refractivity contribution is -0.131. The third-order valence-corrected chi connectivity index (χ3v) is 7.88. The van der Waals surface area contributed by atoms with Gasteiger partial charge in [-0.25, -0.2) is 0 Å². The van der Waals surface area contributed by atoms with E-state index < -0.39 is 0 Å². The lowest BCUT2D eigenvalue weighted by atomic mass is 9.93. The number of amides is 2. The zero-order valence-electron chi connectivity index (χ0n) is 22.9. The predicted molar refractivity (Wildman–Crippen MR) is 147 cm³/mol. The van der Waals surface area contributed by atoms with E-state index in [9.17, 15) is 14.7 Å². The van der Waals surface area contributed by atoms with Crippen LogP contribution < -0.4 is 10.5 Å². The first-order valence-electron chi connectivity index (χ1n) is 13.1. The number of methoxy groups -OCH3 is 1. The molecule has 9 heteroatoms. The van der Waals surface area contributed by atoms with E-state index in [1.165, 1.54) is 5.56 Å². The molecule has 1 fully saturated rings. The number of nitrogens with two attached hydrogens (primary N) is 1. The monoisotopic (exact) mass is 521 g/mol. The SMILES string of the molecule is CN=C(N)CC(=O)N1CCN(C(=O)c2cccc3c2CN(C(C)(C)CCc2ccc(O)c(OC)c2)C3)CC1. The summed E-state index contributed by atoms with van der Waals surface area (Å²) in [7, 11) is 3.13. The van der Waals surface area contributed by atoms with Gasteiger partial charge in [0.25, 0.3) is 5.91 Å². The van der Waals surface area contributed by atoms with Crippen molar-refractivity contribution in [2.45, 2.75) is 51.7 Å². The van der Waals surface area contributed by atoms with E-state index in [0.717, 1.165) is 42.6 Å². The van der Waals surface area contributed by atoms with Crippen molar-refractivity contribution in [3.05, 3.63) is 58.7 Å². The summed E-state index contributed by atoms with van der Waals surface area (Å²) in [4.78, 5) is 35.9. The van der Waals surface area contributed by atoms with Gasteiger partial charge >= 0.3 is 0 Å². The number of carbonyl (C=O) groups is 2. The molecule has 4 rings (SSSR count). The van der Waals surface area contributed by atoms with Crippen molar-refractivity contribution in [2.24, 2.45) is 10.7 Å². The molecule has 0 saturated carbocycles. The minimum absolute atomic E-state index is 0.0272. The molecule has 0 atom stereocenters. The van der Waals surface area contributed by atoms with E-state index >= 15 is 0 Å². The number of nitrogens with zero attached hydrogens (tertiary/aromatic N) is 4. The summed E-state index contributed by atoms with van der Waals surface area (Å²) in [6.07, 6.45) is 1.88. The number of phenolic OH excluding ortho intramolecular Hbond substituents is 1. The number of aryl methyl sites for hydroxylation is 1. The standard InChI is InChI=1S/C29H39N5O4/c1-29(2,11-10-20-8-9-24(35)25(16-20)38-4)34-18-21-6-5-7-22(23(21)19-34)28(37)33-14-12-32(13-15-33)27(36)17-26(30)31-3/h5-9,16,35H,10-15,17-19H2,1-4H3,(H2,30,31). The van der Waals surface area contributed by atoms with Crippen LogP contribution in [0, 0.1) is 0 Å². The second kappa shape index (κ2) is 11.4. The van der Waals surface area contributed by atoms with Gasteiger partial charge in [0, 0.05) is 57.4 Å². The van der Waals surface area contributed by atoms with Gasteiger partial charge in [0.1, 0.15) is 5.84 Å². The quantitative estimate of drug-likeness (QED) is 0.408. The molecule has 2 aromatic rings. The molecule has 2 aromatic carbocycles. The third-order valence-electron chi connectivity index (χ3n) is 7.88. The molecule has 0 bridgehead atoms. The minimum atomic E-state index is -0.0971. The van der Waals surface area contributed by atoms with Crippen LogP contribution in [0.3, 0.4) is 0 Å². The number of ether oxygens (including phenoxy) is 1. The van der Waals surface area contributed by atoms with Gasteiger partial charge < -0.3 is 25.4 Å². The molecule has 38 heavy (non-hydrogen) atoms. The molecule has 0 unspecified atom stereocenters. The highest BCUT2D eigenvalue weighted by Gasteiger charge is 2.35. The fourth-order valence-corrected chi connectivity index (χ4v) is 5.21. The average molecular weight is 522 g/mol. The zero-order chi connectivity index (χ0) is 27.4. The average Bonchev–Trinajstić information content (AvgIpc) is 3.38. The number of fused-ring (bicyclic) bond motifs is 1. The van der Waals surface area contributed by atoms with Crippen LogP contribution in [0.4, 0.5) is 0 Å². The number of benzene rings is 2. The first kappa shape index (κ1) is 27.4. The summed E-state index contributed by atoms with van der Waals surface area (Å²) in [5.74, 6) is 0.931. The molecule has 0 aliphatic carbocycles. The van der Waals surface area contributed by atoms with Crippen LogP contribution in [-0.4, -0.2) is 83.3 Å². The maximum absolute atomic E-state index is 13.5. The van der Waals surface area contributed by atoms with Gasteiger partial charge in [0.05, 0.1) is 13.5 Å². The van der Waals surface area contributed by atoms with E-state index in [0.29, 0.717) is 37.8 Å². The summed E-state index contributed by atoms with van der Waals surface area (Å²) in [5.41, 5.74) is 9.78. The minimum Gasteiger partial charge on any atom is -0.504 e. The normalized spacial score (nSPS) is 16.5. The van der Waals surface area contributed by atoms with Gasteiger partial charge in [0.2, 0.25) is 5.91 Å². The van der Waals surface area contributed by atoms with Gasteiger partial charge in [-0.2, -0.15) is 0 Å². The van der Waals surface area contributed by atoms with Crippen LogP contribution in [0.25, 0.3) is 0 Å². The van der Waals surface area contributed by atoms with Crippen molar-refractivity contribution in [3.63, 3.8) is 0 Å². The van der Waals surface area contributed by atoms with Crippen LogP contribution in [0.1, 0.15) is 53.7 Å². The molecule has 9 nitrogen and oxygen atoms in total. The van der Waals surface area contributed by atoms with Gasteiger partial charge in [0.15, 0.2) is 11.5 Å². The van der Waals surface area contributed by atoms with E-state index in [1.54, 1.807) is 25.1 Å². The fourth-order valence-electron chi connectivity index (χ4n) is 5.21. The second-order valence-electron chi connectivity index (χ2n) is 10.7. The lowest BCUT2D eigenvalue weighted by Crippen LogP contribution is -2.51. The molecular formula is C29H39N5O4. The maximum atomic E-state index is 13.5. The Morgan fingerprint density at radius 1 is 1.08 bits per heavy atom. The highest BCUT2D eigenvalue weighted by atomic mass is 16.5. The van der Waals surface area contributed by atoms with Crippen molar-refractivity contribution >= 4 is 17.6 Å². The molecule has 1 saturated heterocycles. The van der Waals surface area contributed by atoms with Crippen LogP contribution in [-0.2, 0) is 24.3 Å². The molecular weight excluding hydrogens is 482 g/mol. The fraction of sp³-hybridized carbons (Fsp3) is 0.483. The number of piperazine rings is 1. The second-order valence-corrected chi connectivity index (χ2v) is 10.7. The maximum Gasteiger partial charge on any atom is 0.254 e. The van der Waals surface area contributed by atoms with Crippen molar-refractivity contribution in [1.82, 2.24) is 14.7 Å². The number of rotatable bonds is 8. The summed E-state index contributed by atoms with van der Waals surface area (Å²) < 4.78 is 5.26. The molecule has 2 heterocycles. The number of hydrogen-bond acceptors (Lipinski definition) is 6. The Labute approximate surface area is 224 Å². The highest BCUT2D eigenvalue weighted by molar-refractivity contribution is 5.99. The smallest absolute Gasteiger partial charge is 0.254 e. The Hall–Kier alpha value is -3.59. The molecule has 2 aliphatic heterocycles. The summed E-state index contributed by atoms with van der Waals surface area (Å²) >= 11 is 0. The van der Waals surface area contributed by atoms with Gasteiger partial charge in [-0.05, 0) is 61.6 Å². The van der Waals surface area contributed by atoms with Gasteiger partial charge in [-0.1, -0.05) is 18.2 Å². The Bertz CT molecular complexity index is 1220. The molecule has 2 aliphatic rings. The zero-order valence-corrected chi connectivity index (χ0v) is 22.9. The van der Waals surface area contributed by atoms with Gasteiger partial charge in [-0.15, -0.1) is 0 Å². The number of amidine groups is 1. The Morgan fingerprint density at radius 3 is 2.47 bits per heavy atom. The molecule has 0 radical (unpaired) electrons. The van der Waals surface area contributed by atoms with E-state index in [1.807, 2.05) is 29.2 Å². The van der Waals surface area contributed by atoms with Gasteiger partial charge in [-0.3, -0.25) is 19.5 Å². The highest BCUT2D eigenvalue weighted by Crippen LogP contribution is 2.35. The Balaban J connectivity index is 1.39. The van der Waals surface area contributed by atoms with Crippen LogP contribution in [0.5, 0.6) is 11.5 Å². The molecule has 0 spiro atoms. The van der Waals surface area contributed by atoms with Crippen molar-refractivity contribution in [3.8, 4) is 11.5 Å². The van der Waals surface area contributed by atoms with Crippen LogP contribution in [0.15, 0.2) is 41.4 Å². The number of carbonyl (C=O) groups excluding carboxylic acids is 2. The number of aromatic hydroxyl groups is 1.